The number of unbranched alkanes of at least 4 members (excludes halogenated alkanes) is 4. The van der Waals surface area contributed by atoms with Crippen LogP contribution in [0.15, 0.2) is 30.3 Å². The quantitative estimate of drug-likeness (QED) is 0.0686. The number of benzene rings is 1. The molecule has 1 saturated carbocycles. The molecule has 4 aliphatic heterocycles. The summed E-state index contributed by atoms with van der Waals surface area (Å²) in [6.07, 6.45) is 4.06. The van der Waals surface area contributed by atoms with Gasteiger partial charge in [-0.05, 0) is 37.0 Å². The van der Waals surface area contributed by atoms with E-state index in [9.17, 15) is 34.2 Å². The van der Waals surface area contributed by atoms with Crippen LogP contribution in [0.5, 0.6) is 0 Å². The molecule has 9 atom stereocenters. The molecule has 58 heavy (non-hydrogen) atoms. The molecule has 320 valence electrons. The zero-order valence-corrected chi connectivity index (χ0v) is 34.1. The smallest absolute Gasteiger partial charge is 0.348 e. The number of hydrogen-bond donors (Lipinski definition) is 4. The summed E-state index contributed by atoms with van der Waals surface area (Å²) in [5.41, 5.74) is -0.869. The predicted molar refractivity (Wildman–Crippen MR) is 206 cm³/mol. The molecule has 1 aliphatic carbocycles. The molecule has 0 spiro atoms. The zero-order valence-electron chi connectivity index (χ0n) is 34.1. The first-order chi connectivity index (χ1) is 27.7. The average molecular weight is 814 g/mol. The zero-order chi connectivity index (χ0) is 41.8. The van der Waals surface area contributed by atoms with Gasteiger partial charge in [0, 0.05) is 37.3 Å². The lowest BCUT2D eigenvalue weighted by molar-refractivity contribution is -0.224. The Hall–Kier alpha value is -3.93. The fourth-order valence-electron chi connectivity index (χ4n) is 8.84. The highest BCUT2D eigenvalue weighted by Crippen LogP contribution is 2.58. The molecule has 2 amide bonds. The number of hydroxylamine groups is 2. The summed E-state index contributed by atoms with van der Waals surface area (Å²) < 4.78 is 30.2. The molecule has 5 fully saturated rings. The Morgan fingerprint density at radius 1 is 1.00 bits per heavy atom. The summed E-state index contributed by atoms with van der Waals surface area (Å²) in [6.45, 7) is 8.97. The van der Waals surface area contributed by atoms with Crippen LogP contribution in [0.25, 0.3) is 6.08 Å². The highest BCUT2D eigenvalue weighted by molar-refractivity contribution is 5.96. The number of ether oxygens (including phenoxy) is 5. The molecule has 0 radical (unpaired) electrons. The second-order valence-corrected chi connectivity index (χ2v) is 16.9. The first kappa shape index (κ1) is 43.6. The highest BCUT2D eigenvalue weighted by atomic mass is 16.8. The van der Waals surface area contributed by atoms with Gasteiger partial charge in [0.15, 0.2) is 11.8 Å². The Balaban J connectivity index is 1.27. The van der Waals surface area contributed by atoms with Crippen molar-refractivity contribution in [1.29, 1.82) is 0 Å². The summed E-state index contributed by atoms with van der Waals surface area (Å²) >= 11 is 0. The van der Waals surface area contributed by atoms with Gasteiger partial charge in [-0.25, -0.2) is 9.59 Å². The molecular formula is C42H59N3O13. The minimum Gasteiger partial charge on any atom is -0.462 e. The van der Waals surface area contributed by atoms with E-state index >= 15 is 0 Å². The number of fused-ring (bicyclic) bond motifs is 4. The van der Waals surface area contributed by atoms with E-state index in [1.807, 2.05) is 0 Å². The van der Waals surface area contributed by atoms with Gasteiger partial charge in [-0.2, -0.15) is 5.06 Å². The second kappa shape index (κ2) is 18.1. The Morgan fingerprint density at radius 2 is 1.67 bits per heavy atom. The van der Waals surface area contributed by atoms with Gasteiger partial charge in [-0.3, -0.25) is 19.2 Å². The number of carbonyl (C=O) groups is 5. The van der Waals surface area contributed by atoms with Gasteiger partial charge >= 0.3 is 17.9 Å². The molecule has 1 aromatic rings. The van der Waals surface area contributed by atoms with E-state index in [1.165, 1.54) is 18.1 Å². The van der Waals surface area contributed by atoms with Crippen molar-refractivity contribution >= 4 is 35.8 Å². The van der Waals surface area contributed by atoms with Crippen LogP contribution < -0.4 is 10.6 Å². The van der Waals surface area contributed by atoms with Crippen LogP contribution in [0.4, 0.5) is 0 Å². The number of amides is 2. The standard InChI is InChI=1S/C42H59N3O13/c1-6-8-10-18-41(19-11-9-7-2)56-31-28-22-42(39(52)44-30(25(3)47)36(49)43-20-21-46)33(37(50)54-28)45(58-34(42)32(31)57-41)23-27-14-12-26(13-15-27)16-17-29(48)55-35-38(51)53-24-40(35,4)5/h12-17,25,28,30-35,46-47H,6-11,18-24H2,1-5H3,(H,43,49)(H,44,52)/t25-,28?,30+,31-,32-,33-,34+,35-,42?/m0/s1. The molecule has 2 bridgehead atoms. The number of nitrogens with one attached hydrogen (secondary N) is 2. The Morgan fingerprint density at radius 3 is 2.28 bits per heavy atom. The number of rotatable bonds is 19. The van der Waals surface area contributed by atoms with Gasteiger partial charge in [0.05, 0.1) is 19.3 Å². The lowest BCUT2D eigenvalue weighted by atomic mass is 9.62. The van der Waals surface area contributed by atoms with Crippen LogP contribution in [-0.4, -0.2) is 119 Å². The first-order valence-electron chi connectivity index (χ1n) is 20.7. The summed E-state index contributed by atoms with van der Waals surface area (Å²) in [5.74, 6) is -4.28. The molecule has 1 aromatic carbocycles. The van der Waals surface area contributed by atoms with Crippen molar-refractivity contribution < 1.29 is 62.7 Å². The molecule has 4 N–H and O–H groups in total. The third-order valence-corrected chi connectivity index (χ3v) is 11.9. The maximum atomic E-state index is 14.8. The molecular weight excluding hydrogens is 754 g/mol. The molecule has 16 nitrogen and oxygen atoms in total. The van der Waals surface area contributed by atoms with E-state index in [0.717, 1.165) is 38.5 Å². The molecule has 5 aliphatic rings. The SMILES string of the molecule is CCCCCC1(CCCCC)O[C@@H]2[C@H]3ON(Cc4ccc(C=CC(=O)O[C@H]5C(=O)OCC5(C)C)cc4)[C@H]4C(=O)OC(CC34C(=O)N[C@@H](C(=O)NCCO)[C@H](C)O)[C@@H]2O1. The van der Waals surface area contributed by atoms with Crippen molar-refractivity contribution in [1.82, 2.24) is 15.7 Å². The number of esters is 3. The number of aliphatic hydroxyl groups excluding tert-OH is 2. The van der Waals surface area contributed by atoms with Crippen molar-refractivity contribution in [3.63, 3.8) is 0 Å². The fourth-order valence-corrected chi connectivity index (χ4v) is 8.84. The molecule has 6 rings (SSSR count). The van der Waals surface area contributed by atoms with Crippen molar-refractivity contribution in [3.8, 4) is 0 Å². The molecule has 0 aromatic heterocycles. The second-order valence-electron chi connectivity index (χ2n) is 16.9. The van der Waals surface area contributed by atoms with Crippen LogP contribution >= 0.6 is 0 Å². The highest BCUT2D eigenvalue weighted by Gasteiger charge is 2.76. The van der Waals surface area contributed by atoms with Gasteiger partial charge in [-0.15, -0.1) is 0 Å². The van der Waals surface area contributed by atoms with E-state index in [4.69, 9.17) is 28.5 Å². The maximum Gasteiger partial charge on any atom is 0.348 e. The third kappa shape index (κ3) is 8.82. The average Bonchev–Trinajstić information content (AvgIpc) is 3.83. The maximum absolute atomic E-state index is 14.8. The monoisotopic (exact) mass is 813 g/mol. The van der Waals surface area contributed by atoms with Gasteiger partial charge < -0.3 is 44.5 Å². The molecule has 4 heterocycles. The lowest BCUT2D eigenvalue weighted by Gasteiger charge is -2.49. The third-order valence-electron chi connectivity index (χ3n) is 11.9. The lowest BCUT2D eigenvalue weighted by Crippen LogP contribution is -2.71. The number of cyclic esters (lactones) is 1. The van der Waals surface area contributed by atoms with E-state index in [0.29, 0.717) is 24.0 Å². The van der Waals surface area contributed by atoms with Crippen molar-refractivity contribution in [2.75, 3.05) is 19.8 Å². The predicted octanol–water partition coefficient (Wildman–Crippen LogP) is 2.61. The molecule has 2 unspecified atom stereocenters. The van der Waals surface area contributed by atoms with Crippen LogP contribution in [0.2, 0.25) is 0 Å². The van der Waals surface area contributed by atoms with Crippen molar-refractivity contribution in [3.05, 3.63) is 41.5 Å². The number of nitrogens with zero attached hydrogens (tertiary/aromatic N) is 1. The molecule has 16 heteroatoms. The van der Waals surface area contributed by atoms with Gasteiger partial charge in [0.2, 0.25) is 17.9 Å². The van der Waals surface area contributed by atoms with Gasteiger partial charge in [-0.1, -0.05) is 77.6 Å². The van der Waals surface area contributed by atoms with Crippen LogP contribution in [0, 0.1) is 10.8 Å². The Kier molecular flexibility index (Phi) is 13.6. The number of aliphatic hydroxyl groups is 2. The number of carbonyl (C=O) groups excluding carboxylic acids is 5. The topological polar surface area (TPSA) is 208 Å². The van der Waals surface area contributed by atoms with Crippen LogP contribution in [0.1, 0.15) is 104 Å². The van der Waals surface area contributed by atoms with Crippen molar-refractivity contribution in [2.24, 2.45) is 10.8 Å². The summed E-state index contributed by atoms with van der Waals surface area (Å²) in [6, 6.07) is 4.46. The fraction of sp³-hybridized carbons (Fsp3) is 0.690. The van der Waals surface area contributed by atoms with Gasteiger partial charge in [0.25, 0.3) is 0 Å². The summed E-state index contributed by atoms with van der Waals surface area (Å²) in [7, 11) is 0. The minimum atomic E-state index is -1.60. The first-order valence-corrected chi connectivity index (χ1v) is 20.7. The Bertz CT molecular complexity index is 1690. The van der Waals surface area contributed by atoms with Crippen LogP contribution in [0.3, 0.4) is 0 Å². The summed E-state index contributed by atoms with van der Waals surface area (Å²) in [4.78, 5) is 73.4. The largest absolute Gasteiger partial charge is 0.462 e. The van der Waals surface area contributed by atoms with E-state index in [1.54, 1.807) is 44.2 Å². The minimum absolute atomic E-state index is 0.0291. The van der Waals surface area contributed by atoms with Crippen LogP contribution in [-0.2, 0) is 59.0 Å². The Labute approximate surface area is 339 Å². The summed E-state index contributed by atoms with van der Waals surface area (Å²) in [5, 5.41) is 26.6. The van der Waals surface area contributed by atoms with E-state index in [2.05, 4.69) is 24.5 Å². The van der Waals surface area contributed by atoms with E-state index in [-0.39, 0.29) is 32.7 Å². The number of hydrogen-bond acceptors (Lipinski definition) is 14. The molecule has 4 saturated heterocycles. The van der Waals surface area contributed by atoms with E-state index < -0.39 is 95.0 Å². The van der Waals surface area contributed by atoms with Gasteiger partial charge in [0.1, 0.15) is 42.5 Å². The normalized spacial score (nSPS) is 30.3. The van der Waals surface area contributed by atoms with Crippen molar-refractivity contribution in [2.45, 2.75) is 153 Å².